The summed E-state index contributed by atoms with van der Waals surface area (Å²) in [7, 11) is 0. The van der Waals surface area contributed by atoms with Crippen molar-refractivity contribution < 1.29 is 14.3 Å². The number of ether oxygens (including phenoxy) is 1. The highest BCUT2D eigenvalue weighted by Gasteiger charge is 2.34. The van der Waals surface area contributed by atoms with Crippen LogP contribution in [0.1, 0.15) is 43.4 Å². The van der Waals surface area contributed by atoms with E-state index in [1.807, 2.05) is 37.4 Å². The van der Waals surface area contributed by atoms with Gasteiger partial charge in [0.05, 0.1) is 6.33 Å². The molecule has 1 aliphatic heterocycles. The number of anilines is 1. The fourth-order valence-corrected chi connectivity index (χ4v) is 4.27. The lowest BCUT2D eigenvalue weighted by Crippen LogP contribution is -2.58. The van der Waals surface area contributed by atoms with Crippen molar-refractivity contribution in [1.29, 1.82) is 0 Å². The number of imidazole rings is 1. The third-order valence-electron chi connectivity index (χ3n) is 6.07. The predicted molar refractivity (Wildman–Crippen MR) is 118 cm³/mol. The molecule has 1 saturated heterocycles. The van der Waals surface area contributed by atoms with Crippen LogP contribution in [-0.4, -0.2) is 58.2 Å². The molecule has 0 bridgehead atoms. The van der Waals surface area contributed by atoms with Gasteiger partial charge in [-0.2, -0.15) is 0 Å². The Hall–Kier alpha value is -2.87. The van der Waals surface area contributed by atoms with Gasteiger partial charge in [0.2, 0.25) is 5.91 Å². The summed E-state index contributed by atoms with van der Waals surface area (Å²) in [5, 5.41) is 6.20. The number of carbonyl (C=O) groups is 2. The van der Waals surface area contributed by atoms with E-state index in [2.05, 4.69) is 20.2 Å². The Bertz CT molecular complexity index is 906. The van der Waals surface area contributed by atoms with Crippen molar-refractivity contribution >= 4 is 17.7 Å². The van der Waals surface area contributed by atoms with Gasteiger partial charge in [-0.05, 0) is 50.3 Å². The second-order valence-electron chi connectivity index (χ2n) is 8.41. The van der Waals surface area contributed by atoms with Gasteiger partial charge in [-0.25, -0.2) is 9.78 Å². The zero-order chi connectivity index (χ0) is 21.6. The molecule has 2 amide bonds. The molecule has 1 unspecified atom stereocenters. The number of aromatic nitrogens is 2. The Kier molecular flexibility index (Phi) is 6.86. The number of hydrogen-bond acceptors (Lipinski definition) is 5. The Morgan fingerprint density at radius 2 is 2.10 bits per heavy atom. The maximum absolute atomic E-state index is 13.0. The Balaban J connectivity index is 1.39. The largest absolute Gasteiger partial charge is 0.446 e. The van der Waals surface area contributed by atoms with E-state index in [9.17, 15) is 9.59 Å². The maximum Gasteiger partial charge on any atom is 0.410 e. The van der Waals surface area contributed by atoms with Crippen molar-refractivity contribution in [1.82, 2.24) is 19.8 Å². The number of carbonyl (C=O) groups excluding carboxylic acids is 2. The van der Waals surface area contributed by atoms with E-state index < -0.39 is 6.04 Å². The number of hydrogen-bond donors (Lipinski definition) is 2. The van der Waals surface area contributed by atoms with E-state index in [0.717, 1.165) is 36.9 Å². The molecular formula is C23H31N5O3. The minimum absolute atomic E-state index is 0.0249. The molecule has 0 radical (unpaired) electrons. The van der Waals surface area contributed by atoms with E-state index >= 15 is 0 Å². The number of rotatable bonds is 5. The molecule has 2 aromatic rings. The molecule has 1 aliphatic carbocycles. The van der Waals surface area contributed by atoms with Crippen LogP contribution in [0.3, 0.4) is 0 Å². The first-order valence-corrected chi connectivity index (χ1v) is 11.1. The zero-order valence-corrected chi connectivity index (χ0v) is 18.0. The first-order chi connectivity index (χ1) is 15.1. The molecule has 2 heterocycles. The van der Waals surface area contributed by atoms with Crippen molar-refractivity contribution in [3.05, 3.63) is 48.0 Å². The molecule has 2 aliphatic rings. The van der Waals surface area contributed by atoms with Crippen molar-refractivity contribution in [3.8, 4) is 0 Å². The molecule has 8 heteroatoms. The van der Waals surface area contributed by atoms with Crippen LogP contribution in [-0.2, 0) is 16.1 Å². The minimum atomic E-state index is -0.593. The molecule has 1 atom stereocenters. The van der Waals surface area contributed by atoms with Crippen LogP contribution in [0.4, 0.5) is 10.5 Å². The molecular weight excluding hydrogens is 394 g/mol. The van der Waals surface area contributed by atoms with E-state index in [0.29, 0.717) is 31.9 Å². The summed E-state index contributed by atoms with van der Waals surface area (Å²) in [6, 6.07) is 7.17. The number of piperazine rings is 1. The molecule has 1 aromatic heterocycles. The van der Waals surface area contributed by atoms with Crippen LogP contribution in [0, 0.1) is 6.92 Å². The highest BCUT2D eigenvalue weighted by molar-refractivity contribution is 5.97. The van der Waals surface area contributed by atoms with Gasteiger partial charge < -0.3 is 19.9 Å². The second-order valence-corrected chi connectivity index (χ2v) is 8.41. The fourth-order valence-electron chi connectivity index (χ4n) is 4.27. The Morgan fingerprint density at radius 1 is 1.26 bits per heavy atom. The SMILES string of the molecule is Cc1cncn1Cc1cccc(NC(=O)C2CNCCN2C(=O)OC2CCCCC2)c1. The minimum Gasteiger partial charge on any atom is -0.446 e. The van der Waals surface area contributed by atoms with E-state index in [1.54, 1.807) is 11.2 Å². The smallest absolute Gasteiger partial charge is 0.410 e. The molecule has 2 fully saturated rings. The van der Waals surface area contributed by atoms with Gasteiger partial charge in [0, 0.05) is 43.8 Å². The lowest BCUT2D eigenvalue weighted by atomic mass is 9.98. The van der Waals surface area contributed by atoms with Gasteiger partial charge in [-0.1, -0.05) is 18.6 Å². The highest BCUT2D eigenvalue weighted by Crippen LogP contribution is 2.22. The van der Waals surface area contributed by atoms with Crippen LogP contribution in [0.25, 0.3) is 0 Å². The number of aryl methyl sites for hydroxylation is 1. The average Bonchev–Trinajstić information content (AvgIpc) is 3.19. The summed E-state index contributed by atoms with van der Waals surface area (Å²) in [6.45, 7) is 4.22. The van der Waals surface area contributed by atoms with E-state index in [-0.39, 0.29) is 18.1 Å². The topological polar surface area (TPSA) is 88.5 Å². The molecule has 1 saturated carbocycles. The molecule has 1 aromatic carbocycles. The van der Waals surface area contributed by atoms with Crippen molar-refractivity contribution in [2.45, 2.75) is 57.7 Å². The third-order valence-corrected chi connectivity index (χ3v) is 6.07. The van der Waals surface area contributed by atoms with Crippen LogP contribution < -0.4 is 10.6 Å². The van der Waals surface area contributed by atoms with Crippen molar-refractivity contribution in [2.75, 3.05) is 25.0 Å². The lowest BCUT2D eigenvalue weighted by molar-refractivity contribution is -0.121. The van der Waals surface area contributed by atoms with Crippen LogP contribution in [0.15, 0.2) is 36.8 Å². The first kappa shape index (κ1) is 21.4. The summed E-state index contributed by atoms with van der Waals surface area (Å²) in [4.78, 5) is 31.5. The van der Waals surface area contributed by atoms with Crippen molar-refractivity contribution in [3.63, 3.8) is 0 Å². The van der Waals surface area contributed by atoms with Gasteiger partial charge in [0.25, 0.3) is 0 Å². The standard InChI is InChI=1S/C23H31N5O3/c1-17-13-25-16-27(17)15-18-6-5-7-19(12-18)26-22(29)21-14-24-10-11-28(21)23(30)31-20-8-3-2-4-9-20/h5-7,12-13,16,20-21,24H,2-4,8-11,14-15H2,1H3,(H,26,29). The summed E-state index contributed by atoms with van der Waals surface area (Å²) in [6.07, 6.45) is 8.44. The summed E-state index contributed by atoms with van der Waals surface area (Å²) in [5.41, 5.74) is 2.86. The van der Waals surface area contributed by atoms with E-state index in [4.69, 9.17) is 4.74 Å². The fraction of sp³-hybridized carbons (Fsp3) is 0.522. The lowest BCUT2D eigenvalue weighted by Gasteiger charge is -2.35. The third kappa shape index (κ3) is 5.44. The van der Waals surface area contributed by atoms with E-state index in [1.165, 1.54) is 6.42 Å². The molecule has 31 heavy (non-hydrogen) atoms. The first-order valence-electron chi connectivity index (χ1n) is 11.1. The number of amides is 2. The van der Waals surface area contributed by atoms with Gasteiger partial charge >= 0.3 is 6.09 Å². The molecule has 8 nitrogen and oxygen atoms in total. The molecule has 0 spiro atoms. The highest BCUT2D eigenvalue weighted by atomic mass is 16.6. The zero-order valence-electron chi connectivity index (χ0n) is 18.0. The predicted octanol–water partition coefficient (Wildman–Crippen LogP) is 2.92. The Morgan fingerprint density at radius 3 is 2.87 bits per heavy atom. The summed E-state index contributed by atoms with van der Waals surface area (Å²) >= 11 is 0. The number of nitrogens with one attached hydrogen (secondary N) is 2. The van der Waals surface area contributed by atoms with Gasteiger partial charge in [0.15, 0.2) is 0 Å². The van der Waals surface area contributed by atoms with Gasteiger partial charge in [0.1, 0.15) is 12.1 Å². The second kappa shape index (κ2) is 9.96. The van der Waals surface area contributed by atoms with Crippen LogP contribution >= 0.6 is 0 Å². The Labute approximate surface area is 183 Å². The monoisotopic (exact) mass is 425 g/mol. The normalized spacial score (nSPS) is 19.8. The molecule has 166 valence electrons. The van der Waals surface area contributed by atoms with Gasteiger partial charge in [-0.15, -0.1) is 0 Å². The van der Waals surface area contributed by atoms with Crippen molar-refractivity contribution in [2.24, 2.45) is 0 Å². The average molecular weight is 426 g/mol. The van der Waals surface area contributed by atoms with Gasteiger partial charge in [-0.3, -0.25) is 9.69 Å². The van der Waals surface area contributed by atoms with Crippen LogP contribution in [0.5, 0.6) is 0 Å². The number of nitrogens with zero attached hydrogens (tertiary/aromatic N) is 3. The molecule has 4 rings (SSSR count). The number of benzene rings is 1. The van der Waals surface area contributed by atoms with Crippen LogP contribution in [0.2, 0.25) is 0 Å². The maximum atomic E-state index is 13.0. The molecule has 2 N–H and O–H groups in total. The summed E-state index contributed by atoms with van der Waals surface area (Å²) in [5.74, 6) is -0.205. The quantitative estimate of drug-likeness (QED) is 0.769. The summed E-state index contributed by atoms with van der Waals surface area (Å²) < 4.78 is 7.77.